The Balaban J connectivity index is 2.85. The van der Waals surface area contributed by atoms with Crippen molar-refractivity contribution >= 4 is 55.3 Å². The molecule has 0 radical (unpaired) electrons. The van der Waals surface area contributed by atoms with Crippen molar-refractivity contribution in [2.24, 2.45) is 0 Å². The third-order valence-corrected chi connectivity index (χ3v) is 3.58. The fourth-order valence-corrected chi connectivity index (χ4v) is 2.86. The van der Waals surface area contributed by atoms with E-state index in [1.807, 2.05) is 30.3 Å². The van der Waals surface area contributed by atoms with Gasteiger partial charge in [0, 0.05) is 13.4 Å². The van der Waals surface area contributed by atoms with Gasteiger partial charge in [0.2, 0.25) is 0 Å². The first-order chi connectivity index (χ1) is 7.63. The molecule has 0 saturated heterocycles. The minimum atomic E-state index is -0.310. The first-order valence-electron chi connectivity index (χ1n) is 4.59. The number of halogens is 2. The summed E-state index contributed by atoms with van der Waals surface area (Å²) >= 11 is 5.65. The minimum Gasteiger partial charge on any atom is -0.465 e. The van der Waals surface area contributed by atoms with E-state index >= 15 is 0 Å². The van der Waals surface area contributed by atoms with Crippen LogP contribution in [-0.4, -0.2) is 13.1 Å². The molecule has 0 N–H and O–H groups in total. The molecule has 0 aliphatic heterocycles. The lowest BCUT2D eigenvalue weighted by Gasteiger charge is -2.07. The molecule has 0 aliphatic rings. The second kappa shape index (κ2) is 4.71. The molecule has 82 valence electrons. The van der Waals surface area contributed by atoms with Crippen molar-refractivity contribution in [1.29, 1.82) is 0 Å². The Kier molecular flexibility index (Phi) is 3.49. The molecule has 2 nitrogen and oxygen atoms in total. The van der Waals surface area contributed by atoms with Crippen molar-refractivity contribution in [2.75, 3.05) is 7.11 Å². The van der Waals surface area contributed by atoms with Gasteiger partial charge in [-0.3, -0.25) is 0 Å². The first-order valence-corrected chi connectivity index (χ1v) is 6.46. The van der Waals surface area contributed by atoms with Gasteiger partial charge in [0.05, 0.1) is 12.7 Å². The number of fused-ring (bicyclic) bond motifs is 1. The highest BCUT2D eigenvalue weighted by molar-refractivity contribution is 14.1. The van der Waals surface area contributed by atoms with Gasteiger partial charge in [0.1, 0.15) is 0 Å². The Labute approximate surface area is 115 Å². The van der Waals surface area contributed by atoms with Crippen molar-refractivity contribution in [3.63, 3.8) is 0 Å². The van der Waals surface area contributed by atoms with E-state index in [1.54, 1.807) is 0 Å². The van der Waals surface area contributed by atoms with E-state index in [-0.39, 0.29) is 5.97 Å². The van der Waals surface area contributed by atoms with Crippen LogP contribution in [0.3, 0.4) is 0 Å². The van der Waals surface area contributed by atoms with Crippen molar-refractivity contribution in [3.8, 4) is 0 Å². The predicted molar refractivity (Wildman–Crippen MR) is 75.7 cm³/mol. The van der Waals surface area contributed by atoms with Gasteiger partial charge >= 0.3 is 5.97 Å². The highest BCUT2D eigenvalue weighted by Gasteiger charge is 2.13. The predicted octanol–water partition coefficient (Wildman–Crippen LogP) is 3.99. The third kappa shape index (κ3) is 2.08. The molecular formula is C12H8BrIO2. The van der Waals surface area contributed by atoms with Gasteiger partial charge < -0.3 is 4.74 Å². The first kappa shape index (κ1) is 11.9. The van der Waals surface area contributed by atoms with Crippen LogP contribution in [0.4, 0.5) is 0 Å². The van der Waals surface area contributed by atoms with Gasteiger partial charge in [-0.15, -0.1) is 0 Å². The van der Waals surface area contributed by atoms with Crippen molar-refractivity contribution in [3.05, 3.63) is 43.9 Å². The summed E-state index contributed by atoms with van der Waals surface area (Å²) in [5.74, 6) is -0.310. The molecule has 2 rings (SSSR count). The van der Waals surface area contributed by atoms with Crippen LogP contribution in [-0.2, 0) is 4.74 Å². The van der Waals surface area contributed by atoms with E-state index in [0.717, 1.165) is 18.8 Å². The monoisotopic (exact) mass is 390 g/mol. The summed E-state index contributed by atoms with van der Waals surface area (Å²) in [6.07, 6.45) is 0. The molecule has 0 spiro atoms. The topological polar surface area (TPSA) is 26.3 Å². The zero-order valence-corrected chi connectivity index (χ0v) is 12.2. The average Bonchev–Trinajstić information content (AvgIpc) is 2.27. The second-order valence-corrected chi connectivity index (χ2v) is 5.38. The van der Waals surface area contributed by atoms with Crippen molar-refractivity contribution < 1.29 is 9.53 Å². The van der Waals surface area contributed by atoms with Crippen LogP contribution in [0.25, 0.3) is 10.8 Å². The number of benzene rings is 2. The molecule has 2 aromatic rings. The number of ether oxygens (including phenoxy) is 1. The lowest BCUT2D eigenvalue weighted by atomic mass is 10.0. The number of methoxy groups -OCH3 is 1. The lowest BCUT2D eigenvalue weighted by molar-refractivity contribution is 0.0603. The molecule has 0 aromatic heterocycles. The number of rotatable bonds is 1. The van der Waals surface area contributed by atoms with Crippen LogP contribution in [0, 0.1) is 3.57 Å². The Morgan fingerprint density at radius 3 is 2.81 bits per heavy atom. The number of carbonyl (C=O) groups excluding carboxylic acids is 1. The maximum Gasteiger partial charge on any atom is 0.338 e. The maximum atomic E-state index is 11.7. The smallest absolute Gasteiger partial charge is 0.338 e. The van der Waals surface area contributed by atoms with Crippen LogP contribution in [0.1, 0.15) is 10.4 Å². The van der Waals surface area contributed by atoms with E-state index in [1.165, 1.54) is 7.11 Å². The summed E-state index contributed by atoms with van der Waals surface area (Å²) in [6.45, 7) is 0. The van der Waals surface area contributed by atoms with Gasteiger partial charge in [-0.05, 0) is 46.2 Å². The summed E-state index contributed by atoms with van der Waals surface area (Å²) in [6, 6.07) is 9.71. The molecular weight excluding hydrogens is 383 g/mol. The molecule has 4 heteroatoms. The molecule has 0 fully saturated rings. The van der Waals surface area contributed by atoms with Gasteiger partial charge in [-0.2, -0.15) is 0 Å². The van der Waals surface area contributed by atoms with Crippen LogP contribution in [0.15, 0.2) is 34.8 Å². The molecule has 0 saturated carbocycles. The second-order valence-electron chi connectivity index (χ2n) is 3.28. The summed E-state index contributed by atoms with van der Waals surface area (Å²) < 4.78 is 6.71. The largest absolute Gasteiger partial charge is 0.465 e. The zero-order valence-electron chi connectivity index (χ0n) is 8.46. The van der Waals surface area contributed by atoms with E-state index in [9.17, 15) is 4.79 Å². The van der Waals surface area contributed by atoms with Crippen molar-refractivity contribution in [1.82, 2.24) is 0 Å². The average molecular weight is 391 g/mol. The third-order valence-electron chi connectivity index (χ3n) is 2.30. The summed E-state index contributed by atoms with van der Waals surface area (Å²) in [5.41, 5.74) is 0.594. The van der Waals surface area contributed by atoms with Gasteiger partial charge in [-0.25, -0.2) is 4.79 Å². The Bertz CT molecular complexity index is 566. The molecule has 2 aromatic carbocycles. The lowest BCUT2D eigenvalue weighted by Crippen LogP contribution is -2.03. The number of hydrogen-bond acceptors (Lipinski definition) is 2. The van der Waals surface area contributed by atoms with E-state index in [2.05, 4.69) is 38.5 Å². The fraction of sp³-hybridized carbons (Fsp3) is 0.0833. The Morgan fingerprint density at radius 1 is 1.38 bits per heavy atom. The van der Waals surface area contributed by atoms with Crippen LogP contribution in [0.2, 0.25) is 0 Å². The summed E-state index contributed by atoms with van der Waals surface area (Å²) in [7, 11) is 1.39. The molecule has 16 heavy (non-hydrogen) atoms. The molecule has 0 atom stereocenters. The summed E-state index contributed by atoms with van der Waals surface area (Å²) in [5, 5.41) is 1.93. The number of carbonyl (C=O) groups is 1. The maximum absolute atomic E-state index is 11.7. The summed E-state index contributed by atoms with van der Waals surface area (Å²) in [4.78, 5) is 11.7. The SMILES string of the molecule is COC(=O)c1cc(I)cc2cccc(Br)c12. The van der Waals surface area contributed by atoms with Gasteiger partial charge in [0.25, 0.3) is 0 Å². The van der Waals surface area contributed by atoms with Gasteiger partial charge in [0.15, 0.2) is 0 Å². The Hall–Kier alpha value is -0.620. The Morgan fingerprint density at radius 2 is 2.12 bits per heavy atom. The number of hydrogen-bond donors (Lipinski definition) is 0. The van der Waals surface area contributed by atoms with Crippen LogP contribution >= 0.6 is 38.5 Å². The minimum absolute atomic E-state index is 0.310. The van der Waals surface area contributed by atoms with E-state index < -0.39 is 0 Å². The highest BCUT2D eigenvalue weighted by Crippen LogP contribution is 2.29. The fourth-order valence-electron chi connectivity index (χ4n) is 1.62. The zero-order chi connectivity index (χ0) is 11.7. The quantitative estimate of drug-likeness (QED) is 0.543. The normalized spacial score (nSPS) is 10.4. The van der Waals surface area contributed by atoms with Crippen LogP contribution in [0.5, 0.6) is 0 Å². The van der Waals surface area contributed by atoms with E-state index in [0.29, 0.717) is 5.56 Å². The van der Waals surface area contributed by atoms with Gasteiger partial charge in [-0.1, -0.05) is 28.1 Å². The molecule has 0 amide bonds. The standard InChI is InChI=1S/C12H8BrIO2/c1-16-12(15)9-6-8(14)5-7-3-2-4-10(13)11(7)9/h2-6H,1H3. The molecule has 0 heterocycles. The molecule has 0 bridgehead atoms. The van der Waals surface area contributed by atoms with E-state index in [4.69, 9.17) is 4.74 Å². The number of esters is 1. The highest BCUT2D eigenvalue weighted by atomic mass is 127. The molecule has 0 unspecified atom stereocenters. The van der Waals surface area contributed by atoms with Crippen molar-refractivity contribution in [2.45, 2.75) is 0 Å². The van der Waals surface area contributed by atoms with Crippen LogP contribution < -0.4 is 0 Å². The molecule has 0 aliphatic carbocycles.